The second kappa shape index (κ2) is 6.57. The predicted molar refractivity (Wildman–Crippen MR) is 90.8 cm³/mol. The van der Waals surface area contributed by atoms with Gasteiger partial charge in [-0.05, 0) is 35.7 Å². The number of nitrogens with one attached hydrogen (secondary N) is 1. The monoisotopic (exact) mass is 309 g/mol. The quantitative estimate of drug-likeness (QED) is 0.914. The van der Waals surface area contributed by atoms with E-state index in [2.05, 4.69) is 31.3 Å². The van der Waals surface area contributed by atoms with E-state index < -0.39 is 0 Å². The summed E-state index contributed by atoms with van der Waals surface area (Å²) >= 11 is 0. The summed E-state index contributed by atoms with van der Waals surface area (Å²) in [5.41, 5.74) is 2.38. The highest BCUT2D eigenvalue weighted by Gasteiger charge is 2.14. The maximum absolute atomic E-state index is 12.3. The van der Waals surface area contributed by atoms with Gasteiger partial charge < -0.3 is 14.8 Å². The molecule has 1 heterocycles. The first-order chi connectivity index (χ1) is 11.1. The van der Waals surface area contributed by atoms with Crippen LogP contribution in [0.25, 0.3) is 6.08 Å². The lowest BCUT2D eigenvalue weighted by molar-refractivity contribution is 0.102. The molecular formula is C19H19NO3. The van der Waals surface area contributed by atoms with E-state index in [1.54, 1.807) is 18.2 Å². The molecule has 0 bridgehead atoms. The highest BCUT2D eigenvalue weighted by molar-refractivity contribution is 6.04. The summed E-state index contributed by atoms with van der Waals surface area (Å²) in [5, 5.41) is 2.87. The molecule has 0 fully saturated rings. The number of ether oxygens (including phenoxy) is 2. The van der Waals surface area contributed by atoms with Gasteiger partial charge in [-0.25, -0.2) is 0 Å². The van der Waals surface area contributed by atoms with Crippen molar-refractivity contribution in [2.24, 2.45) is 5.92 Å². The first-order valence-electron chi connectivity index (χ1n) is 7.61. The van der Waals surface area contributed by atoms with Crippen LogP contribution in [0.15, 0.2) is 48.5 Å². The van der Waals surface area contributed by atoms with Crippen LogP contribution >= 0.6 is 0 Å². The number of hydrogen-bond donors (Lipinski definition) is 1. The Morgan fingerprint density at radius 1 is 1.09 bits per heavy atom. The third-order valence-electron chi connectivity index (χ3n) is 3.48. The van der Waals surface area contributed by atoms with Crippen molar-refractivity contribution in [2.45, 2.75) is 13.8 Å². The minimum Gasteiger partial charge on any atom is -0.454 e. The first kappa shape index (κ1) is 15.2. The second-order valence-electron chi connectivity index (χ2n) is 5.75. The molecule has 0 atom stereocenters. The Labute approximate surface area is 135 Å². The number of hydrogen-bond acceptors (Lipinski definition) is 3. The van der Waals surface area contributed by atoms with E-state index in [-0.39, 0.29) is 12.7 Å². The smallest absolute Gasteiger partial charge is 0.255 e. The minimum atomic E-state index is -0.150. The number of carbonyl (C=O) groups excluding carboxylic acids is 1. The summed E-state index contributed by atoms with van der Waals surface area (Å²) in [7, 11) is 0. The molecule has 2 aromatic rings. The van der Waals surface area contributed by atoms with Gasteiger partial charge in [0.15, 0.2) is 11.5 Å². The number of fused-ring (bicyclic) bond motifs is 1. The molecular weight excluding hydrogens is 290 g/mol. The van der Waals surface area contributed by atoms with E-state index in [1.807, 2.05) is 24.3 Å². The van der Waals surface area contributed by atoms with Crippen molar-refractivity contribution in [1.82, 2.24) is 0 Å². The minimum absolute atomic E-state index is 0.150. The molecule has 1 aliphatic rings. The highest BCUT2D eigenvalue weighted by atomic mass is 16.7. The SMILES string of the molecule is CC(C)C=Cc1ccc(C(=O)Nc2ccc3c(c2)OCO3)cc1. The Morgan fingerprint density at radius 2 is 1.83 bits per heavy atom. The van der Waals surface area contributed by atoms with E-state index >= 15 is 0 Å². The van der Waals surface area contributed by atoms with E-state index in [9.17, 15) is 4.79 Å². The molecule has 118 valence electrons. The van der Waals surface area contributed by atoms with Crippen LogP contribution in [0.1, 0.15) is 29.8 Å². The molecule has 0 aromatic heterocycles. The Bertz CT molecular complexity index is 733. The summed E-state index contributed by atoms with van der Waals surface area (Å²) in [6, 6.07) is 12.9. The highest BCUT2D eigenvalue weighted by Crippen LogP contribution is 2.34. The third kappa shape index (κ3) is 3.72. The van der Waals surface area contributed by atoms with Crippen molar-refractivity contribution in [3.05, 3.63) is 59.7 Å². The fourth-order valence-corrected chi connectivity index (χ4v) is 2.23. The number of rotatable bonds is 4. The summed E-state index contributed by atoms with van der Waals surface area (Å²) in [5.74, 6) is 1.70. The zero-order valence-corrected chi connectivity index (χ0v) is 13.2. The number of benzene rings is 2. The lowest BCUT2D eigenvalue weighted by Crippen LogP contribution is -2.11. The molecule has 23 heavy (non-hydrogen) atoms. The molecule has 3 rings (SSSR count). The molecule has 4 heteroatoms. The van der Waals surface area contributed by atoms with Crippen LogP contribution in [-0.2, 0) is 0 Å². The average Bonchev–Trinajstić information content (AvgIpc) is 3.01. The van der Waals surface area contributed by atoms with Gasteiger partial charge in [-0.15, -0.1) is 0 Å². The summed E-state index contributed by atoms with van der Waals surface area (Å²) in [4.78, 5) is 12.3. The Hall–Kier alpha value is -2.75. The van der Waals surface area contributed by atoms with Crippen molar-refractivity contribution in [2.75, 3.05) is 12.1 Å². The van der Waals surface area contributed by atoms with Crippen LogP contribution in [0, 0.1) is 5.92 Å². The van der Waals surface area contributed by atoms with Crippen molar-refractivity contribution in [3.8, 4) is 11.5 Å². The number of carbonyl (C=O) groups is 1. The Kier molecular flexibility index (Phi) is 4.33. The molecule has 0 radical (unpaired) electrons. The molecule has 0 saturated heterocycles. The fourth-order valence-electron chi connectivity index (χ4n) is 2.23. The van der Waals surface area contributed by atoms with E-state index in [0.29, 0.717) is 28.7 Å². The lowest BCUT2D eigenvalue weighted by atomic mass is 10.1. The second-order valence-corrected chi connectivity index (χ2v) is 5.75. The van der Waals surface area contributed by atoms with E-state index in [0.717, 1.165) is 5.56 Å². The molecule has 0 unspecified atom stereocenters. The largest absolute Gasteiger partial charge is 0.454 e. The first-order valence-corrected chi connectivity index (χ1v) is 7.61. The van der Waals surface area contributed by atoms with Gasteiger partial charge in [-0.2, -0.15) is 0 Å². The zero-order valence-electron chi connectivity index (χ0n) is 13.2. The van der Waals surface area contributed by atoms with Crippen LogP contribution in [0.5, 0.6) is 11.5 Å². The fraction of sp³-hybridized carbons (Fsp3) is 0.211. The zero-order chi connectivity index (χ0) is 16.2. The number of amides is 1. The number of allylic oxidation sites excluding steroid dienone is 1. The molecule has 0 aliphatic carbocycles. The van der Waals surface area contributed by atoms with Gasteiger partial charge in [0.05, 0.1) is 0 Å². The number of anilines is 1. The predicted octanol–water partition coefficient (Wildman–Crippen LogP) is 4.34. The summed E-state index contributed by atoms with van der Waals surface area (Å²) < 4.78 is 10.6. The van der Waals surface area contributed by atoms with E-state index in [1.165, 1.54) is 0 Å². The van der Waals surface area contributed by atoms with Gasteiger partial charge in [-0.1, -0.05) is 38.1 Å². The maximum atomic E-state index is 12.3. The van der Waals surface area contributed by atoms with Crippen LogP contribution < -0.4 is 14.8 Å². The van der Waals surface area contributed by atoms with E-state index in [4.69, 9.17) is 9.47 Å². The van der Waals surface area contributed by atoms with Crippen molar-refractivity contribution >= 4 is 17.7 Å². The summed E-state index contributed by atoms with van der Waals surface area (Å²) in [6.07, 6.45) is 4.19. The maximum Gasteiger partial charge on any atom is 0.255 e. The van der Waals surface area contributed by atoms with Crippen LogP contribution in [0.4, 0.5) is 5.69 Å². The van der Waals surface area contributed by atoms with Gasteiger partial charge in [0, 0.05) is 17.3 Å². The Balaban J connectivity index is 1.68. The molecule has 2 aromatic carbocycles. The third-order valence-corrected chi connectivity index (χ3v) is 3.48. The van der Waals surface area contributed by atoms with Crippen molar-refractivity contribution in [3.63, 3.8) is 0 Å². The lowest BCUT2D eigenvalue weighted by Gasteiger charge is -2.06. The van der Waals surface area contributed by atoms with Gasteiger partial charge in [0.2, 0.25) is 6.79 Å². The molecule has 0 saturated carbocycles. The molecule has 1 aliphatic heterocycles. The summed E-state index contributed by atoms with van der Waals surface area (Å²) in [6.45, 7) is 4.48. The average molecular weight is 309 g/mol. The standard InChI is InChI=1S/C19H19NO3/c1-13(2)3-4-14-5-7-15(8-6-14)19(21)20-16-9-10-17-18(11-16)23-12-22-17/h3-11,13H,12H2,1-2H3,(H,20,21). The molecule has 0 spiro atoms. The normalized spacial score (nSPS) is 12.8. The molecule has 4 nitrogen and oxygen atoms in total. The Morgan fingerprint density at radius 3 is 2.57 bits per heavy atom. The van der Waals surface area contributed by atoms with Gasteiger partial charge >= 0.3 is 0 Å². The molecule has 1 N–H and O–H groups in total. The van der Waals surface area contributed by atoms with Gasteiger partial charge in [-0.3, -0.25) is 4.79 Å². The van der Waals surface area contributed by atoms with Crippen LogP contribution in [-0.4, -0.2) is 12.7 Å². The van der Waals surface area contributed by atoms with Crippen molar-refractivity contribution in [1.29, 1.82) is 0 Å². The molecule has 1 amide bonds. The van der Waals surface area contributed by atoms with Gasteiger partial charge in [0.25, 0.3) is 5.91 Å². The van der Waals surface area contributed by atoms with Crippen LogP contribution in [0.3, 0.4) is 0 Å². The van der Waals surface area contributed by atoms with Gasteiger partial charge in [0.1, 0.15) is 0 Å². The van der Waals surface area contributed by atoms with Crippen molar-refractivity contribution < 1.29 is 14.3 Å². The topological polar surface area (TPSA) is 47.6 Å². The van der Waals surface area contributed by atoms with Crippen LogP contribution in [0.2, 0.25) is 0 Å².